The van der Waals surface area contributed by atoms with Crippen molar-refractivity contribution < 1.29 is 0 Å². The molecule has 0 aliphatic carbocycles. The minimum absolute atomic E-state index is 0.615. The van der Waals surface area contributed by atoms with Crippen LogP contribution in [-0.4, -0.2) is 23.7 Å². The lowest BCUT2D eigenvalue weighted by Crippen LogP contribution is -2.04. The SMILES string of the molecule is c1ccc2c(c1)sc1ccc(-c3ccc4c5ccccc5n(-c5ccc6cc(-c7nc(-n8c9ccccc9c9ccc(-c%10ccc%11sc%12ccccc%12c%11c%10)cc98)nc8ccc(-n9c%10ccccc%10c%10ccc(-c%11ccc%12sc%13ccccc%13c%12c%11)cc%109)cc78)ccc6c5)c4c3)cc12. The Balaban J connectivity index is 0.731. The fraction of sp³-hybridized carbons (Fsp3) is 0. The molecule has 0 N–H and O–H groups in total. The number of hydrogen-bond acceptors (Lipinski definition) is 5. The van der Waals surface area contributed by atoms with Gasteiger partial charge in [0.05, 0.1) is 44.3 Å². The number of benzene rings is 15. The Hall–Kier alpha value is -12.0. The number of hydrogen-bond donors (Lipinski definition) is 0. The van der Waals surface area contributed by atoms with Crippen LogP contribution in [-0.2, 0) is 0 Å². The number of nitrogens with zero attached hydrogens (tertiary/aromatic N) is 5. The largest absolute Gasteiger partial charge is 0.309 e. The first-order chi connectivity index (χ1) is 48.5. The Morgan fingerprint density at radius 1 is 0.204 bits per heavy atom. The van der Waals surface area contributed by atoms with Gasteiger partial charge in [-0.05, 0) is 172 Å². The molecule has 8 heteroatoms. The summed E-state index contributed by atoms with van der Waals surface area (Å²) in [5.74, 6) is 0.615. The molecule has 0 aliphatic heterocycles. The average Bonchev–Trinajstić information content (AvgIpc) is 1.54. The summed E-state index contributed by atoms with van der Waals surface area (Å²) in [4.78, 5) is 11.5. The zero-order valence-electron chi connectivity index (χ0n) is 52.4. The maximum absolute atomic E-state index is 5.86. The molecule has 0 atom stereocenters. The summed E-state index contributed by atoms with van der Waals surface area (Å²) in [5, 5.41) is 18.2. The topological polar surface area (TPSA) is 40.6 Å². The van der Waals surface area contributed by atoms with E-state index >= 15 is 0 Å². The summed E-state index contributed by atoms with van der Waals surface area (Å²) in [6.07, 6.45) is 0. The summed E-state index contributed by atoms with van der Waals surface area (Å²) in [6.45, 7) is 0. The third-order valence-electron chi connectivity index (χ3n) is 20.6. The molecule has 454 valence electrons. The molecule has 15 aromatic carbocycles. The highest BCUT2D eigenvalue weighted by Gasteiger charge is 2.23. The predicted octanol–water partition coefficient (Wildman–Crippen LogP) is 25.8. The van der Waals surface area contributed by atoms with Crippen LogP contribution in [0.15, 0.2) is 309 Å². The molecule has 7 heterocycles. The van der Waals surface area contributed by atoms with E-state index in [9.17, 15) is 0 Å². The smallest absolute Gasteiger partial charge is 0.235 e. The van der Waals surface area contributed by atoms with Gasteiger partial charge < -0.3 is 9.13 Å². The van der Waals surface area contributed by atoms with Crippen LogP contribution in [0.5, 0.6) is 0 Å². The monoisotopic (exact) mass is 1300 g/mol. The standard InChI is InChI=1S/C90H51N5S3/c1-7-19-77-63(13-1)66-36-28-57(54-31-40-86-72(45-54)69-16-4-10-22-83(69)96-86)48-80(66)93(77)61-34-27-52-43-60(26-25-53(52)44-61)89-75-51-62(94-78-20-8-2-14-64(78)67-37-29-58(49-81(67)94)55-32-41-87-73(46-55)70-17-5-11-23-84(70)97-87)35-39-76(75)91-90(92-89)95-79-21-9-3-15-65(79)68-38-30-59(50-82(68)95)56-33-42-88-74(47-56)71-18-6-12-24-85(71)98-88/h1-51H. The lowest BCUT2D eigenvalue weighted by molar-refractivity contribution is 1.01. The molecule has 0 fully saturated rings. The fourth-order valence-corrected chi connectivity index (χ4v) is 19.3. The average molecular weight is 1300 g/mol. The van der Waals surface area contributed by atoms with E-state index in [0.717, 1.165) is 82.7 Å². The third-order valence-corrected chi connectivity index (χ3v) is 24.1. The summed E-state index contributed by atoms with van der Waals surface area (Å²) < 4.78 is 15.0. The molecule has 0 bridgehead atoms. The number of aromatic nitrogens is 5. The Morgan fingerprint density at radius 3 is 1.04 bits per heavy atom. The molecule has 0 radical (unpaired) electrons. The molecule has 22 rings (SSSR count). The first-order valence-electron chi connectivity index (χ1n) is 33.2. The molecule has 0 saturated heterocycles. The number of thiophene rings is 3. The van der Waals surface area contributed by atoms with Gasteiger partial charge in [0, 0.05) is 115 Å². The zero-order chi connectivity index (χ0) is 63.8. The molecule has 0 saturated carbocycles. The van der Waals surface area contributed by atoms with Crippen molar-refractivity contribution in [1.82, 2.24) is 23.7 Å². The van der Waals surface area contributed by atoms with E-state index in [1.165, 1.54) is 121 Å². The van der Waals surface area contributed by atoms with E-state index in [-0.39, 0.29) is 0 Å². The predicted molar refractivity (Wildman–Crippen MR) is 420 cm³/mol. The van der Waals surface area contributed by atoms with Crippen LogP contribution in [0.25, 0.3) is 210 Å². The number of rotatable bonds is 7. The Bertz CT molecular complexity index is 7210. The van der Waals surface area contributed by atoms with Crippen LogP contribution in [0.4, 0.5) is 0 Å². The number of fused-ring (bicyclic) bond motifs is 20. The van der Waals surface area contributed by atoms with Crippen LogP contribution in [0.2, 0.25) is 0 Å². The van der Waals surface area contributed by atoms with E-state index in [2.05, 4.69) is 323 Å². The highest BCUT2D eigenvalue weighted by Crippen LogP contribution is 2.45. The van der Waals surface area contributed by atoms with Crippen molar-refractivity contribution in [1.29, 1.82) is 0 Å². The maximum atomic E-state index is 5.86. The van der Waals surface area contributed by atoms with Gasteiger partial charge in [-0.3, -0.25) is 4.57 Å². The first-order valence-corrected chi connectivity index (χ1v) is 35.7. The van der Waals surface area contributed by atoms with Crippen molar-refractivity contribution in [2.45, 2.75) is 0 Å². The van der Waals surface area contributed by atoms with Crippen LogP contribution >= 0.6 is 34.0 Å². The minimum atomic E-state index is 0.615. The Kier molecular flexibility index (Phi) is 11.5. The summed E-state index contributed by atoms with van der Waals surface area (Å²) in [5.41, 5.74) is 18.7. The van der Waals surface area contributed by atoms with Gasteiger partial charge in [-0.2, -0.15) is 0 Å². The van der Waals surface area contributed by atoms with Crippen LogP contribution in [0, 0.1) is 0 Å². The van der Waals surface area contributed by atoms with Crippen LogP contribution in [0.1, 0.15) is 0 Å². The second kappa shape index (κ2) is 20.7. The summed E-state index contributed by atoms with van der Waals surface area (Å²) in [6, 6.07) is 115. The van der Waals surface area contributed by atoms with E-state index in [0.29, 0.717) is 5.95 Å². The second-order valence-electron chi connectivity index (χ2n) is 26.0. The van der Waals surface area contributed by atoms with Gasteiger partial charge >= 0.3 is 0 Å². The normalized spacial score (nSPS) is 12.3. The lowest BCUT2D eigenvalue weighted by Gasteiger charge is -2.15. The van der Waals surface area contributed by atoms with Crippen molar-refractivity contribution >= 4 is 182 Å². The number of para-hydroxylation sites is 3. The van der Waals surface area contributed by atoms with Crippen molar-refractivity contribution in [3.05, 3.63) is 309 Å². The van der Waals surface area contributed by atoms with Gasteiger partial charge in [0.2, 0.25) is 5.95 Å². The summed E-state index contributed by atoms with van der Waals surface area (Å²) >= 11 is 5.57. The van der Waals surface area contributed by atoms with Crippen molar-refractivity contribution in [2.75, 3.05) is 0 Å². The molecule has 0 spiro atoms. The molecule has 5 nitrogen and oxygen atoms in total. The highest BCUT2D eigenvalue weighted by molar-refractivity contribution is 7.26. The molecular weight excluding hydrogens is 1250 g/mol. The summed E-state index contributed by atoms with van der Waals surface area (Å²) in [7, 11) is 0. The van der Waals surface area contributed by atoms with Crippen molar-refractivity contribution in [3.8, 4) is 62.0 Å². The minimum Gasteiger partial charge on any atom is -0.309 e. The quantitative estimate of drug-likeness (QED) is 0.160. The molecule has 22 aromatic rings. The Morgan fingerprint density at radius 2 is 0.551 bits per heavy atom. The van der Waals surface area contributed by atoms with Gasteiger partial charge in [0.1, 0.15) is 0 Å². The highest BCUT2D eigenvalue weighted by atomic mass is 32.1. The Labute approximate surface area is 572 Å². The van der Waals surface area contributed by atoms with E-state index in [1.807, 2.05) is 34.0 Å². The van der Waals surface area contributed by atoms with Gasteiger partial charge in [0.25, 0.3) is 0 Å². The molecule has 0 unspecified atom stereocenters. The van der Waals surface area contributed by atoms with Gasteiger partial charge in [-0.15, -0.1) is 34.0 Å². The third kappa shape index (κ3) is 8.11. The van der Waals surface area contributed by atoms with Crippen molar-refractivity contribution in [2.24, 2.45) is 0 Å². The molecule has 98 heavy (non-hydrogen) atoms. The lowest BCUT2D eigenvalue weighted by atomic mass is 10.0. The molecule has 7 aromatic heterocycles. The first kappa shape index (κ1) is 54.2. The zero-order valence-corrected chi connectivity index (χ0v) is 54.9. The van der Waals surface area contributed by atoms with E-state index in [1.54, 1.807) is 0 Å². The molecule has 0 aliphatic rings. The van der Waals surface area contributed by atoms with E-state index < -0.39 is 0 Å². The van der Waals surface area contributed by atoms with E-state index in [4.69, 9.17) is 9.97 Å². The van der Waals surface area contributed by atoms with Crippen LogP contribution in [0.3, 0.4) is 0 Å². The molecule has 0 amide bonds. The van der Waals surface area contributed by atoms with Gasteiger partial charge in [-0.1, -0.05) is 182 Å². The maximum Gasteiger partial charge on any atom is 0.235 e. The molecular formula is C90H51N5S3. The van der Waals surface area contributed by atoms with Crippen LogP contribution < -0.4 is 0 Å². The van der Waals surface area contributed by atoms with Gasteiger partial charge in [-0.25, -0.2) is 9.97 Å². The van der Waals surface area contributed by atoms with Crippen molar-refractivity contribution in [3.63, 3.8) is 0 Å². The second-order valence-corrected chi connectivity index (χ2v) is 29.3. The fourth-order valence-electron chi connectivity index (χ4n) is 16.0. The van der Waals surface area contributed by atoms with Gasteiger partial charge in [0.15, 0.2) is 0 Å².